The van der Waals surface area contributed by atoms with E-state index in [0.717, 1.165) is 30.9 Å². The number of para-hydroxylation sites is 1. The van der Waals surface area contributed by atoms with Crippen LogP contribution in [-0.4, -0.2) is 45.5 Å². The molecule has 0 atom stereocenters. The topological polar surface area (TPSA) is 101 Å². The van der Waals surface area contributed by atoms with Gasteiger partial charge in [0.25, 0.3) is 5.91 Å². The molecule has 34 heavy (non-hydrogen) atoms. The van der Waals surface area contributed by atoms with E-state index in [1.807, 2.05) is 24.3 Å². The fraction of sp³-hybridized carbons (Fsp3) is 0.320. The van der Waals surface area contributed by atoms with Crippen molar-refractivity contribution in [2.75, 3.05) is 26.2 Å². The Morgan fingerprint density at radius 2 is 1.71 bits per heavy atom. The van der Waals surface area contributed by atoms with Crippen molar-refractivity contribution in [2.45, 2.75) is 31.8 Å². The summed E-state index contributed by atoms with van der Waals surface area (Å²) in [7, 11) is -3.72. The number of benzene rings is 2. The summed E-state index contributed by atoms with van der Waals surface area (Å²) in [6.45, 7) is 7.92. The van der Waals surface area contributed by atoms with Crippen molar-refractivity contribution in [2.24, 2.45) is 0 Å². The van der Waals surface area contributed by atoms with Crippen LogP contribution in [0.5, 0.6) is 5.75 Å². The minimum absolute atomic E-state index is 0.0496. The molecule has 1 amide bonds. The first-order valence-electron chi connectivity index (χ1n) is 11.3. The van der Waals surface area contributed by atoms with E-state index >= 15 is 0 Å². The number of likely N-dealkylation sites (N-methyl/N-ethyl adjacent to an activating group) is 1. The predicted octanol–water partition coefficient (Wildman–Crippen LogP) is 3.41. The first-order valence-corrected chi connectivity index (χ1v) is 12.7. The molecule has 8 nitrogen and oxygen atoms in total. The van der Waals surface area contributed by atoms with Crippen LogP contribution in [-0.2, 0) is 23.1 Å². The number of carbonyl (C=O) groups excluding carboxylic acids is 1. The molecule has 0 saturated heterocycles. The first-order chi connectivity index (χ1) is 16.4. The molecule has 9 heteroatoms. The maximum Gasteiger partial charge on any atom is 0.251 e. The molecule has 0 saturated carbocycles. The van der Waals surface area contributed by atoms with Crippen molar-refractivity contribution in [3.63, 3.8) is 0 Å². The Balaban J connectivity index is 1.55. The van der Waals surface area contributed by atoms with Gasteiger partial charge in [0.1, 0.15) is 18.1 Å². The van der Waals surface area contributed by atoms with Crippen molar-refractivity contribution in [1.29, 1.82) is 0 Å². The molecule has 0 radical (unpaired) electrons. The van der Waals surface area contributed by atoms with E-state index in [9.17, 15) is 13.2 Å². The molecular weight excluding hydrogens is 454 g/mol. The SMILES string of the molecule is CCN(CC)CCOc1ccccc1CNC(=O)c1ccc(S(=O)(=O)NCc2ccco2)cc1. The van der Waals surface area contributed by atoms with E-state index in [2.05, 4.69) is 28.8 Å². The number of nitrogens with zero attached hydrogens (tertiary/aromatic N) is 1. The van der Waals surface area contributed by atoms with Crippen LogP contribution in [0.4, 0.5) is 0 Å². The van der Waals surface area contributed by atoms with Crippen LogP contribution in [0.15, 0.2) is 76.2 Å². The normalized spacial score (nSPS) is 11.5. The van der Waals surface area contributed by atoms with Gasteiger partial charge >= 0.3 is 0 Å². The Kier molecular flexibility index (Phi) is 9.26. The van der Waals surface area contributed by atoms with Crippen LogP contribution in [0.25, 0.3) is 0 Å². The van der Waals surface area contributed by atoms with Crippen molar-refractivity contribution in [1.82, 2.24) is 14.9 Å². The van der Waals surface area contributed by atoms with Gasteiger partial charge in [0.15, 0.2) is 0 Å². The van der Waals surface area contributed by atoms with Gasteiger partial charge < -0.3 is 19.4 Å². The van der Waals surface area contributed by atoms with Crippen LogP contribution in [0.3, 0.4) is 0 Å². The van der Waals surface area contributed by atoms with Gasteiger partial charge in [0.2, 0.25) is 10.0 Å². The molecule has 1 heterocycles. The molecule has 0 aliphatic heterocycles. The van der Waals surface area contributed by atoms with Crippen LogP contribution in [0.2, 0.25) is 0 Å². The molecular formula is C25H31N3O5S. The number of rotatable bonds is 13. The van der Waals surface area contributed by atoms with E-state index in [1.165, 1.54) is 30.5 Å². The van der Waals surface area contributed by atoms with Gasteiger partial charge in [0.05, 0.1) is 17.7 Å². The van der Waals surface area contributed by atoms with E-state index in [1.54, 1.807) is 12.1 Å². The Labute approximate surface area is 201 Å². The minimum Gasteiger partial charge on any atom is -0.492 e. The monoisotopic (exact) mass is 485 g/mol. The average molecular weight is 486 g/mol. The number of amides is 1. The molecule has 0 fully saturated rings. The van der Waals surface area contributed by atoms with Crippen molar-refractivity contribution >= 4 is 15.9 Å². The van der Waals surface area contributed by atoms with Crippen LogP contribution < -0.4 is 14.8 Å². The van der Waals surface area contributed by atoms with E-state index in [4.69, 9.17) is 9.15 Å². The van der Waals surface area contributed by atoms with Crippen LogP contribution in [0.1, 0.15) is 35.5 Å². The Bertz CT molecular complexity index is 1140. The van der Waals surface area contributed by atoms with E-state index in [-0.39, 0.29) is 17.3 Å². The molecule has 3 rings (SSSR count). The standard InChI is InChI=1S/C25H31N3O5S/c1-3-28(4-2)15-17-33-24-10-6-5-8-21(24)18-26-25(29)20-11-13-23(14-12-20)34(30,31)27-19-22-9-7-16-32-22/h5-14,16,27H,3-4,15,17-19H2,1-2H3,(H,26,29). The third-order valence-corrected chi connectivity index (χ3v) is 6.83. The molecule has 2 aromatic carbocycles. The molecule has 182 valence electrons. The van der Waals surface area contributed by atoms with Crippen LogP contribution >= 0.6 is 0 Å². The largest absolute Gasteiger partial charge is 0.492 e. The smallest absolute Gasteiger partial charge is 0.251 e. The second kappa shape index (κ2) is 12.4. The highest BCUT2D eigenvalue weighted by molar-refractivity contribution is 7.89. The number of furan rings is 1. The lowest BCUT2D eigenvalue weighted by molar-refractivity contribution is 0.0950. The fourth-order valence-corrected chi connectivity index (χ4v) is 4.33. The van der Waals surface area contributed by atoms with Crippen molar-refractivity contribution in [3.8, 4) is 5.75 Å². The highest BCUT2D eigenvalue weighted by atomic mass is 32.2. The minimum atomic E-state index is -3.72. The summed E-state index contributed by atoms with van der Waals surface area (Å²) in [5.41, 5.74) is 1.24. The summed E-state index contributed by atoms with van der Waals surface area (Å²) in [6.07, 6.45) is 1.48. The molecule has 0 spiro atoms. The highest BCUT2D eigenvalue weighted by Gasteiger charge is 2.16. The summed E-state index contributed by atoms with van der Waals surface area (Å²) in [6, 6.07) is 16.8. The third kappa shape index (κ3) is 7.18. The molecule has 0 aliphatic carbocycles. The zero-order chi connectivity index (χ0) is 24.4. The lowest BCUT2D eigenvalue weighted by Gasteiger charge is -2.19. The number of ether oxygens (including phenoxy) is 1. The highest BCUT2D eigenvalue weighted by Crippen LogP contribution is 2.18. The number of hydrogen-bond donors (Lipinski definition) is 2. The zero-order valence-corrected chi connectivity index (χ0v) is 20.3. The quantitative estimate of drug-likeness (QED) is 0.385. The fourth-order valence-electron chi connectivity index (χ4n) is 3.34. The van der Waals surface area contributed by atoms with Gasteiger partial charge in [0, 0.05) is 24.2 Å². The van der Waals surface area contributed by atoms with Crippen molar-refractivity contribution < 1.29 is 22.4 Å². The number of carbonyl (C=O) groups is 1. The maximum atomic E-state index is 12.6. The maximum absolute atomic E-state index is 12.6. The molecule has 0 unspecified atom stereocenters. The lowest BCUT2D eigenvalue weighted by Crippen LogP contribution is -2.28. The van der Waals surface area contributed by atoms with Crippen LogP contribution in [0, 0.1) is 0 Å². The second-order valence-electron chi connectivity index (χ2n) is 7.59. The van der Waals surface area contributed by atoms with Gasteiger partial charge in [-0.2, -0.15) is 0 Å². The molecule has 0 bridgehead atoms. The second-order valence-corrected chi connectivity index (χ2v) is 9.36. The predicted molar refractivity (Wildman–Crippen MR) is 130 cm³/mol. The van der Waals surface area contributed by atoms with Gasteiger partial charge in [-0.15, -0.1) is 0 Å². The molecule has 2 N–H and O–H groups in total. The first kappa shape index (κ1) is 25.5. The lowest BCUT2D eigenvalue weighted by atomic mass is 10.1. The molecule has 1 aromatic heterocycles. The van der Waals surface area contributed by atoms with Gasteiger partial charge in [-0.1, -0.05) is 32.0 Å². The van der Waals surface area contributed by atoms with Crippen molar-refractivity contribution in [3.05, 3.63) is 83.8 Å². The summed E-state index contributed by atoms with van der Waals surface area (Å²) >= 11 is 0. The Morgan fingerprint density at radius 1 is 0.971 bits per heavy atom. The summed E-state index contributed by atoms with van der Waals surface area (Å²) in [4.78, 5) is 15.0. The summed E-state index contributed by atoms with van der Waals surface area (Å²) < 4.78 is 38.5. The third-order valence-electron chi connectivity index (χ3n) is 5.41. The number of sulfonamides is 1. The Morgan fingerprint density at radius 3 is 2.38 bits per heavy atom. The van der Waals surface area contributed by atoms with E-state index in [0.29, 0.717) is 24.5 Å². The molecule has 0 aliphatic rings. The molecule has 3 aromatic rings. The average Bonchev–Trinajstić information content (AvgIpc) is 3.39. The number of nitrogens with one attached hydrogen (secondary N) is 2. The summed E-state index contributed by atoms with van der Waals surface area (Å²) in [5.74, 6) is 0.946. The Hall–Kier alpha value is -3.14. The van der Waals surface area contributed by atoms with Gasteiger partial charge in [-0.05, 0) is 55.6 Å². The summed E-state index contributed by atoms with van der Waals surface area (Å²) in [5, 5.41) is 2.87. The van der Waals surface area contributed by atoms with Gasteiger partial charge in [-0.25, -0.2) is 13.1 Å². The van der Waals surface area contributed by atoms with E-state index < -0.39 is 10.0 Å². The zero-order valence-electron chi connectivity index (χ0n) is 19.5. The van der Waals surface area contributed by atoms with Gasteiger partial charge in [-0.3, -0.25) is 4.79 Å². The number of hydrogen-bond acceptors (Lipinski definition) is 6.